The largest absolute Gasteiger partial charge is 0.478 e. The Balaban J connectivity index is 1.91. The van der Waals surface area contributed by atoms with E-state index < -0.39 is 5.97 Å². The molecule has 3 rings (SSSR count). The number of rotatable bonds is 8. The number of anilines is 2. The second kappa shape index (κ2) is 9.31. The fourth-order valence-electron chi connectivity index (χ4n) is 3.17. The van der Waals surface area contributed by atoms with E-state index in [-0.39, 0.29) is 30.5 Å². The van der Waals surface area contributed by atoms with Crippen molar-refractivity contribution in [2.24, 2.45) is 0 Å². The number of carbonyl (C=O) groups excluding carboxylic acids is 2. The Hall–Kier alpha value is -3.23. The number of carbonyl (C=O) groups is 3. The number of nitrogens with one attached hydrogen (secondary N) is 1. The Morgan fingerprint density at radius 1 is 1.14 bits per heavy atom. The van der Waals surface area contributed by atoms with Gasteiger partial charge < -0.3 is 20.1 Å². The van der Waals surface area contributed by atoms with Gasteiger partial charge in [-0.2, -0.15) is 0 Å². The normalized spacial score (nSPS) is 13.3. The zero-order valence-corrected chi connectivity index (χ0v) is 16.1. The van der Waals surface area contributed by atoms with Gasteiger partial charge in [-0.25, -0.2) is 4.79 Å². The van der Waals surface area contributed by atoms with E-state index >= 15 is 0 Å². The maximum absolute atomic E-state index is 12.8. The lowest BCUT2D eigenvalue weighted by Crippen LogP contribution is -2.50. The highest BCUT2D eigenvalue weighted by Crippen LogP contribution is 2.35. The van der Waals surface area contributed by atoms with Crippen molar-refractivity contribution in [2.75, 3.05) is 43.2 Å². The highest BCUT2D eigenvalue weighted by Gasteiger charge is 2.33. The van der Waals surface area contributed by atoms with E-state index in [2.05, 4.69) is 5.32 Å². The van der Waals surface area contributed by atoms with Crippen LogP contribution in [0.25, 0.3) is 0 Å². The Kier molecular flexibility index (Phi) is 6.58. The molecule has 0 unspecified atom stereocenters. The van der Waals surface area contributed by atoms with E-state index in [1.165, 1.54) is 17.0 Å². The van der Waals surface area contributed by atoms with Crippen LogP contribution in [0.2, 0.25) is 0 Å². The highest BCUT2D eigenvalue weighted by atomic mass is 16.5. The van der Waals surface area contributed by atoms with Crippen molar-refractivity contribution >= 4 is 29.2 Å². The monoisotopic (exact) mass is 397 g/mol. The van der Waals surface area contributed by atoms with Crippen LogP contribution in [0.1, 0.15) is 15.9 Å². The van der Waals surface area contributed by atoms with Crippen molar-refractivity contribution < 1.29 is 24.2 Å². The van der Waals surface area contributed by atoms with Crippen molar-refractivity contribution in [1.82, 2.24) is 5.32 Å². The van der Waals surface area contributed by atoms with Gasteiger partial charge in [-0.1, -0.05) is 30.3 Å². The molecule has 1 aliphatic rings. The maximum Gasteiger partial charge on any atom is 0.335 e. The second-order valence-corrected chi connectivity index (χ2v) is 6.62. The van der Waals surface area contributed by atoms with Crippen LogP contribution in [0.3, 0.4) is 0 Å². The molecule has 0 spiro atoms. The average molecular weight is 397 g/mol. The van der Waals surface area contributed by atoms with Crippen molar-refractivity contribution in [3.8, 4) is 0 Å². The minimum atomic E-state index is -1.09. The SMILES string of the molecule is COCCNCC(=O)N1CC(=O)N(Cc2ccccc2)c2ccc(C(=O)O)cc21. The van der Waals surface area contributed by atoms with Crippen LogP contribution >= 0.6 is 0 Å². The van der Waals surface area contributed by atoms with Gasteiger partial charge in [-0.3, -0.25) is 14.5 Å². The van der Waals surface area contributed by atoms with Crippen molar-refractivity contribution in [3.63, 3.8) is 0 Å². The summed E-state index contributed by atoms with van der Waals surface area (Å²) < 4.78 is 4.94. The molecule has 2 aromatic carbocycles. The summed E-state index contributed by atoms with van der Waals surface area (Å²) >= 11 is 0. The molecule has 0 fully saturated rings. The summed E-state index contributed by atoms with van der Waals surface area (Å²) in [6.45, 7) is 1.16. The smallest absolute Gasteiger partial charge is 0.335 e. The van der Waals surface area contributed by atoms with Crippen LogP contribution in [-0.4, -0.2) is 56.2 Å². The first kappa shape index (κ1) is 20.5. The molecule has 0 aromatic heterocycles. The topological polar surface area (TPSA) is 99.2 Å². The van der Waals surface area contributed by atoms with E-state index in [0.717, 1.165) is 5.56 Å². The molecule has 1 aliphatic heterocycles. The zero-order chi connectivity index (χ0) is 20.8. The molecule has 2 amide bonds. The molecular weight excluding hydrogens is 374 g/mol. The molecule has 0 radical (unpaired) electrons. The number of hydrogen-bond donors (Lipinski definition) is 2. The predicted octanol–water partition coefficient (Wildman–Crippen LogP) is 1.50. The summed E-state index contributed by atoms with van der Waals surface area (Å²) in [7, 11) is 1.57. The van der Waals surface area contributed by atoms with Crippen LogP contribution < -0.4 is 15.1 Å². The predicted molar refractivity (Wildman–Crippen MR) is 108 cm³/mol. The minimum absolute atomic E-state index is 0.0199. The van der Waals surface area contributed by atoms with Gasteiger partial charge in [0.05, 0.1) is 36.6 Å². The number of carboxylic acids is 1. The number of benzene rings is 2. The number of carboxylic acid groups (broad SMARTS) is 1. The molecule has 0 bridgehead atoms. The fourth-order valence-corrected chi connectivity index (χ4v) is 3.17. The lowest BCUT2D eigenvalue weighted by Gasteiger charge is -2.36. The van der Waals surface area contributed by atoms with Gasteiger partial charge in [0.2, 0.25) is 11.8 Å². The Bertz CT molecular complexity index is 900. The fraction of sp³-hybridized carbons (Fsp3) is 0.286. The van der Waals surface area contributed by atoms with Crippen molar-refractivity contribution in [2.45, 2.75) is 6.54 Å². The third-order valence-corrected chi connectivity index (χ3v) is 4.64. The highest BCUT2D eigenvalue weighted by molar-refractivity contribution is 6.12. The first-order chi connectivity index (χ1) is 14.0. The Morgan fingerprint density at radius 3 is 2.59 bits per heavy atom. The summed E-state index contributed by atoms with van der Waals surface area (Å²) in [4.78, 5) is 39.9. The molecule has 0 saturated heterocycles. The van der Waals surface area contributed by atoms with Crippen LogP contribution in [0.15, 0.2) is 48.5 Å². The van der Waals surface area contributed by atoms with Gasteiger partial charge in [0.15, 0.2) is 0 Å². The number of ether oxygens (including phenoxy) is 1. The molecule has 2 N–H and O–H groups in total. The summed E-state index contributed by atoms with van der Waals surface area (Å²) in [5.74, 6) is -1.63. The standard InChI is InChI=1S/C21H23N3O5/c1-29-10-9-22-12-19(25)24-14-20(26)23(13-15-5-3-2-4-6-15)17-8-7-16(21(27)28)11-18(17)24/h2-8,11,22H,9-10,12-14H2,1H3,(H,27,28). The molecule has 2 aromatic rings. The number of aromatic carboxylic acids is 1. The third kappa shape index (κ3) is 4.79. The van der Waals surface area contributed by atoms with Gasteiger partial charge in [0.1, 0.15) is 6.54 Å². The molecule has 152 valence electrons. The summed E-state index contributed by atoms with van der Waals surface area (Å²) in [5, 5.41) is 12.3. The van der Waals surface area contributed by atoms with Gasteiger partial charge in [-0.05, 0) is 23.8 Å². The molecule has 8 nitrogen and oxygen atoms in total. The second-order valence-electron chi connectivity index (χ2n) is 6.62. The molecule has 0 atom stereocenters. The van der Waals surface area contributed by atoms with E-state index in [4.69, 9.17) is 4.74 Å². The molecule has 29 heavy (non-hydrogen) atoms. The zero-order valence-electron chi connectivity index (χ0n) is 16.1. The molecule has 1 heterocycles. The minimum Gasteiger partial charge on any atom is -0.478 e. The van der Waals surface area contributed by atoms with Gasteiger partial charge in [-0.15, -0.1) is 0 Å². The average Bonchev–Trinajstić information content (AvgIpc) is 2.73. The van der Waals surface area contributed by atoms with Crippen LogP contribution in [-0.2, 0) is 20.9 Å². The number of methoxy groups -OCH3 is 1. The molecule has 0 saturated carbocycles. The van der Waals surface area contributed by atoms with Crippen LogP contribution in [0.4, 0.5) is 11.4 Å². The van der Waals surface area contributed by atoms with E-state index in [1.807, 2.05) is 30.3 Å². The Labute approximate surface area is 168 Å². The number of nitrogens with zero attached hydrogens (tertiary/aromatic N) is 2. The van der Waals surface area contributed by atoms with Gasteiger partial charge in [0.25, 0.3) is 0 Å². The maximum atomic E-state index is 12.8. The third-order valence-electron chi connectivity index (χ3n) is 4.64. The van der Waals surface area contributed by atoms with E-state index in [0.29, 0.717) is 31.1 Å². The van der Waals surface area contributed by atoms with E-state index in [1.54, 1.807) is 18.1 Å². The van der Waals surface area contributed by atoms with Crippen LogP contribution in [0, 0.1) is 0 Å². The molecular formula is C21H23N3O5. The summed E-state index contributed by atoms with van der Waals surface area (Å²) in [6.07, 6.45) is 0. The molecule has 8 heteroatoms. The number of fused-ring (bicyclic) bond motifs is 1. The summed E-state index contributed by atoms with van der Waals surface area (Å²) in [6, 6.07) is 14.0. The molecule has 0 aliphatic carbocycles. The van der Waals surface area contributed by atoms with Gasteiger partial charge in [0, 0.05) is 13.7 Å². The van der Waals surface area contributed by atoms with Crippen LogP contribution in [0.5, 0.6) is 0 Å². The van der Waals surface area contributed by atoms with Gasteiger partial charge >= 0.3 is 5.97 Å². The quantitative estimate of drug-likeness (QED) is 0.655. The number of amides is 2. The first-order valence-corrected chi connectivity index (χ1v) is 9.23. The van der Waals surface area contributed by atoms with Crippen molar-refractivity contribution in [1.29, 1.82) is 0 Å². The first-order valence-electron chi connectivity index (χ1n) is 9.23. The number of hydrogen-bond acceptors (Lipinski definition) is 5. The lowest BCUT2D eigenvalue weighted by atomic mass is 10.1. The Morgan fingerprint density at radius 2 is 1.90 bits per heavy atom. The summed E-state index contributed by atoms with van der Waals surface area (Å²) in [5.41, 5.74) is 1.93. The lowest BCUT2D eigenvalue weighted by molar-refractivity contribution is -0.122. The van der Waals surface area contributed by atoms with Crippen molar-refractivity contribution in [3.05, 3.63) is 59.7 Å². The van der Waals surface area contributed by atoms with E-state index in [9.17, 15) is 19.5 Å².